The Hall–Kier alpha value is -1.10. The molecule has 0 spiro atoms. The average Bonchev–Trinajstić information content (AvgIpc) is 2.23. The predicted molar refractivity (Wildman–Crippen MR) is 59.9 cm³/mol. The van der Waals surface area contributed by atoms with Crippen LogP contribution in [0.5, 0.6) is 0 Å². The number of likely N-dealkylation sites (N-methyl/N-ethyl adjacent to an activating group) is 1. The van der Waals surface area contributed by atoms with E-state index >= 15 is 0 Å². The first-order valence-corrected chi connectivity index (χ1v) is 5.55. The summed E-state index contributed by atoms with van der Waals surface area (Å²) >= 11 is 0. The van der Waals surface area contributed by atoms with E-state index in [0.717, 1.165) is 0 Å². The highest BCUT2D eigenvalue weighted by Crippen LogP contribution is 2.21. The molecule has 16 heavy (non-hydrogen) atoms. The molecule has 0 saturated carbocycles. The van der Waals surface area contributed by atoms with E-state index in [2.05, 4.69) is 0 Å². The summed E-state index contributed by atoms with van der Waals surface area (Å²) in [5.74, 6) is -0.142. The maximum atomic E-state index is 11.9. The largest absolute Gasteiger partial charge is 0.372 e. The number of carbonyl (C=O) groups excluding carboxylic acids is 2. The lowest BCUT2D eigenvalue weighted by Crippen LogP contribution is -2.64. The van der Waals surface area contributed by atoms with Crippen molar-refractivity contribution in [3.63, 3.8) is 0 Å². The fourth-order valence-corrected chi connectivity index (χ4v) is 1.92. The van der Waals surface area contributed by atoms with Crippen LogP contribution in [0.4, 0.5) is 0 Å². The maximum Gasteiger partial charge on any atom is 0.249 e. The smallest absolute Gasteiger partial charge is 0.249 e. The first kappa shape index (κ1) is 13.0. The van der Waals surface area contributed by atoms with E-state index in [0.29, 0.717) is 19.7 Å². The monoisotopic (exact) mass is 228 g/mol. The molecule has 1 rings (SSSR count). The standard InChI is InChI=1S/C11H20N2O3/c1-5-16-8-9(14)13-7-6-12(4)10(15)11(13,2)3/h5-8H2,1-4H3. The molecule has 0 atom stereocenters. The number of piperazine rings is 1. The van der Waals surface area contributed by atoms with E-state index < -0.39 is 5.54 Å². The molecule has 1 heterocycles. The lowest BCUT2D eigenvalue weighted by atomic mass is 9.98. The summed E-state index contributed by atoms with van der Waals surface area (Å²) in [6.45, 7) is 7.10. The number of ether oxygens (including phenoxy) is 1. The second-order valence-corrected chi connectivity index (χ2v) is 4.47. The van der Waals surface area contributed by atoms with Crippen molar-refractivity contribution in [2.24, 2.45) is 0 Å². The molecule has 1 aliphatic heterocycles. The predicted octanol–water partition coefficient (Wildman–Crippen LogP) is 0.102. The minimum atomic E-state index is -0.763. The fourth-order valence-electron chi connectivity index (χ4n) is 1.92. The van der Waals surface area contributed by atoms with E-state index in [1.807, 2.05) is 6.92 Å². The van der Waals surface area contributed by atoms with Crippen molar-refractivity contribution in [3.8, 4) is 0 Å². The van der Waals surface area contributed by atoms with Gasteiger partial charge in [-0.2, -0.15) is 0 Å². The first-order chi connectivity index (χ1) is 7.41. The van der Waals surface area contributed by atoms with Crippen LogP contribution >= 0.6 is 0 Å². The molecule has 1 saturated heterocycles. The Kier molecular flexibility index (Phi) is 3.91. The Bertz CT molecular complexity index is 289. The molecule has 0 N–H and O–H groups in total. The average molecular weight is 228 g/mol. The first-order valence-electron chi connectivity index (χ1n) is 5.55. The highest BCUT2D eigenvalue weighted by molar-refractivity contribution is 5.92. The van der Waals surface area contributed by atoms with Gasteiger partial charge < -0.3 is 14.5 Å². The molecule has 0 bridgehead atoms. The zero-order chi connectivity index (χ0) is 12.3. The number of rotatable bonds is 3. The summed E-state index contributed by atoms with van der Waals surface area (Å²) < 4.78 is 5.09. The third kappa shape index (κ3) is 2.35. The van der Waals surface area contributed by atoms with E-state index in [-0.39, 0.29) is 18.4 Å². The summed E-state index contributed by atoms with van der Waals surface area (Å²) in [5.41, 5.74) is -0.763. The molecule has 0 aliphatic carbocycles. The Labute approximate surface area is 96.3 Å². The third-order valence-electron chi connectivity index (χ3n) is 2.93. The fraction of sp³-hybridized carbons (Fsp3) is 0.818. The summed E-state index contributed by atoms with van der Waals surface area (Å²) in [4.78, 5) is 27.0. The van der Waals surface area contributed by atoms with Gasteiger partial charge in [-0.3, -0.25) is 9.59 Å². The quantitative estimate of drug-likeness (QED) is 0.688. The molecule has 0 aromatic heterocycles. The van der Waals surface area contributed by atoms with Crippen molar-refractivity contribution in [2.45, 2.75) is 26.3 Å². The minimum absolute atomic E-state index is 0.0244. The molecule has 0 unspecified atom stereocenters. The van der Waals surface area contributed by atoms with Crippen LogP contribution in [-0.4, -0.2) is 60.5 Å². The van der Waals surface area contributed by atoms with Crippen molar-refractivity contribution in [3.05, 3.63) is 0 Å². The molecule has 0 aromatic carbocycles. The Morgan fingerprint density at radius 2 is 2.06 bits per heavy atom. The second-order valence-electron chi connectivity index (χ2n) is 4.47. The van der Waals surface area contributed by atoms with Gasteiger partial charge in [-0.25, -0.2) is 0 Å². The number of nitrogens with zero attached hydrogens (tertiary/aromatic N) is 2. The molecule has 92 valence electrons. The lowest BCUT2D eigenvalue weighted by molar-refractivity contribution is -0.159. The van der Waals surface area contributed by atoms with Crippen molar-refractivity contribution in [1.82, 2.24) is 9.80 Å². The van der Waals surface area contributed by atoms with Crippen molar-refractivity contribution >= 4 is 11.8 Å². The molecule has 5 nitrogen and oxygen atoms in total. The Morgan fingerprint density at radius 3 is 2.62 bits per heavy atom. The summed E-state index contributed by atoms with van der Waals surface area (Å²) in [7, 11) is 1.76. The molecule has 1 aliphatic rings. The number of carbonyl (C=O) groups is 2. The highest BCUT2D eigenvalue weighted by atomic mass is 16.5. The van der Waals surface area contributed by atoms with Crippen LogP contribution in [0.15, 0.2) is 0 Å². The van der Waals surface area contributed by atoms with E-state index in [9.17, 15) is 9.59 Å². The van der Waals surface area contributed by atoms with Crippen LogP contribution in [-0.2, 0) is 14.3 Å². The van der Waals surface area contributed by atoms with Gasteiger partial charge in [-0.15, -0.1) is 0 Å². The molecule has 0 aromatic rings. The SMILES string of the molecule is CCOCC(=O)N1CCN(C)C(=O)C1(C)C. The van der Waals surface area contributed by atoms with Crippen LogP contribution < -0.4 is 0 Å². The number of hydrogen-bond acceptors (Lipinski definition) is 3. The topological polar surface area (TPSA) is 49.9 Å². The molecule has 1 fully saturated rings. The molecule has 5 heteroatoms. The zero-order valence-corrected chi connectivity index (χ0v) is 10.4. The van der Waals surface area contributed by atoms with E-state index in [4.69, 9.17) is 4.74 Å². The van der Waals surface area contributed by atoms with Gasteiger partial charge in [-0.05, 0) is 20.8 Å². The summed E-state index contributed by atoms with van der Waals surface area (Å²) in [6.07, 6.45) is 0. The van der Waals surface area contributed by atoms with Crippen LogP contribution in [0.25, 0.3) is 0 Å². The number of amides is 2. The normalized spacial score (nSPS) is 20.1. The van der Waals surface area contributed by atoms with Gasteiger partial charge in [0.05, 0.1) is 0 Å². The van der Waals surface area contributed by atoms with Gasteiger partial charge >= 0.3 is 0 Å². The molecule has 0 radical (unpaired) electrons. The Morgan fingerprint density at radius 1 is 1.44 bits per heavy atom. The van der Waals surface area contributed by atoms with Gasteiger partial charge in [-0.1, -0.05) is 0 Å². The number of hydrogen-bond donors (Lipinski definition) is 0. The van der Waals surface area contributed by atoms with Crippen LogP contribution in [0.3, 0.4) is 0 Å². The van der Waals surface area contributed by atoms with Crippen LogP contribution in [0.1, 0.15) is 20.8 Å². The maximum absolute atomic E-state index is 11.9. The lowest BCUT2D eigenvalue weighted by Gasteiger charge is -2.44. The summed E-state index contributed by atoms with van der Waals surface area (Å²) in [5, 5.41) is 0. The minimum Gasteiger partial charge on any atom is -0.372 e. The van der Waals surface area contributed by atoms with Crippen LogP contribution in [0.2, 0.25) is 0 Å². The van der Waals surface area contributed by atoms with Crippen molar-refractivity contribution in [2.75, 3.05) is 33.4 Å². The summed E-state index contributed by atoms with van der Waals surface area (Å²) in [6, 6.07) is 0. The third-order valence-corrected chi connectivity index (χ3v) is 2.93. The van der Waals surface area contributed by atoms with Crippen LogP contribution in [0, 0.1) is 0 Å². The van der Waals surface area contributed by atoms with Gasteiger partial charge in [0.15, 0.2) is 0 Å². The van der Waals surface area contributed by atoms with Gasteiger partial charge in [0.2, 0.25) is 11.8 Å². The van der Waals surface area contributed by atoms with Gasteiger partial charge in [0.25, 0.3) is 0 Å². The van der Waals surface area contributed by atoms with Crippen molar-refractivity contribution in [1.29, 1.82) is 0 Å². The molecular formula is C11H20N2O3. The Balaban J connectivity index is 2.73. The van der Waals surface area contributed by atoms with Gasteiger partial charge in [0.1, 0.15) is 12.1 Å². The van der Waals surface area contributed by atoms with Gasteiger partial charge in [0, 0.05) is 26.7 Å². The van der Waals surface area contributed by atoms with E-state index in [1.54, 1.807) is 30.7 Å². The van der Waals surface area contributed by atoms with E-state index in [1.165, 1.54) is 0 Å². The molecular weight excluding hydrogens is 208 g/mol. The second kappa shape index (κ2) is 4.82. The molecule has 2 amide bonds. The van der Waals surface area contributed by atoms with Crippen molar-refractivity contribution < 1.29 is 14.3 Å². The highest BCUT2D eigenvalue weighted by Gasteiger charge is 2.42. The zero-order valence-electron chi connectivity index (χ0n) is 10.4.